The topological polar surface area (TPSA) is 67.7 Å². The summed E-state index contributed by atoms with van der Waals surface area (Å²) in [5.74, 6) is 1.46. The second-order valence-electron chi connectivity index (χ2n) is 3.64. The van der Waals surface area contributed by atoms with Crippen molar-refractivity contribution in [2.24, 2.45) is 0 Å². The van der Waals surface area contributed by atoms with Crippen molar-refractivity contribution in [3.8, 4) is 11.8 Å². The number of rotatable bonds is 3. The van der Waals surface area contributed by atoms with Gasteiger partial charge in [0.2, 0.25) is 17.7 Å². The second-order valence-corrected chi connectivity index (χ2v) is 3.64. The molecule has 0 aliphatic carbocycles. The average Bonchev–Trinajstić information content (AvgIpc) is 2.75. The lowest BCUT2D eigenvalue weighted by Crippen LogP contribution is -2.23. The van der Waals surface area contributed by atoms with Gasteiger partial charge in [0.05, 0.1) is 26.4 Å². The molecule has 0 amide bonds. The minimum atomic E-state index is -0.305. The fraction of sp³-hybridized carbons (Fsp3) is 0.600. The van der Waals surface area contributed by atoms with Crippen LogP contribution in [0.1, 0.15) is 6.42 Å². The zero-order valence-corrected chi connectivity index (χ0v) is 9.38. The quantitative estimate of drug-likeness (QED) is 0.785. The van der Waals surface area contributed by atoms with E-state index in [1.165, 1.54) is 0 Å². The molecule has 1 atom stereocenters. The molecule has 1 N–H and O–H groups in total. The van der Waals surface area contributed by atoms with Crippen LogP contribution in [0.15, 0.2) is 6.07 Å². The summed E-state index contributed by atoms with van der Waals surface area (Å²) in [6.45, 7) is 1.30. The molecule has 1 fully saturated rings. The van der Waals surface area contributed by atoms with Gasteiger partial charge in [0.1, 0.15) is 0 Å². The van der Waals surface area contributed by atoms with Crippen molar-refractivity contribution in [1.29, 1.82) is 0 Å². The summed E-state index contributed by atoms with van der Waals surface area (Å²) in [6, 6.07) is 1.62. The summed E-state index contributed by atoms with van der Waals surface area (Å²) in [5, 5.41) is 9.45. The molecule has 16 heavy (non-hydrogen) atoms. The smallest absolute Gasteiger partial charge is 0.232 e. The van der Waals surface area contributed by atoms with Gasteiger partial charge >= 0.3 is 0 Å². The highest BCUT2D eigenvalue weighted by Crippen LogP contribution is 2.22. The Labute approximate surface area is 93.8 Å². The number of β-amino-alcohol motifs (C(OH)–C–C–N with tert-alkyl or cyclic N) is 1. The largest absolute Gasteiger partial charge is 0.481 e. The van der Waals surface area contributed by atoms with Gasteiger partial charge in [-0.3, -0.25) is 0 Å². The molecular weight excluding hydrogens is 210 g/mol. The zero-order valence-electron chi connectivity index (χ0n) is 9.38. The number of aliphatic hydroxyl groups is 1. The molecule has 2 heterocycles. The molecule has 2 rings (SSSR count). The SMILES string of the molecule is COc1cc(OC)nc(N2CC[C@H](O)C2)n1. The van der Waals surface area contributed by atoms with Crippen LogP contribution >= 0.6 is 0 Å². The first kappa shape index (κ1) is 10.9. The Balaban J connectivity index is 2.25. The number of aliphatic hydroxyl groups excluding tert-OH is 1. The summed E-state index contributed by atoms with van der Waals surface area (Å²) in [5.41, 5.74) is 0. The maximum Gasteiger partial charge on any atom is 0.232 e. The van der Waals surface area contributed by atoms with E-state index in [-0.39, 0.29) is 6.10 Å². The Kier molecular flexibility index (Phi) is 3.09. The molecule has 1 saturated heterocycles. The van der Waals surface area contributed by atoms with Crippen molar-refractivity contribution >= 4 is 5.95 Å². The molecule has 0 radical (unpaired) electrons. The molecule has 6 heteroatoms. The van der Waals surface area contributed by atoms with Crippen LogP contribution in [0.5, 0.6) is 11.8 Å². The van der Waals surface area contributed by atoms with Crippen LogP contribution in [0.4, 0.5) is 5.95 Å². The van der Waals surface area contributed by atoms with Crippen LogP contribution in [0.3, 0.4) is 0 Å². The van der Waals surface area contributed by atoms with Crippen LogP contribution < -0.4 is 14.4 Å². The van der Waals surface area contributed by atoms with Crippen molar-refractivity contribution in [3.05, 3.63) is 6.07 Å². The normalized spacial score (nSPS) is 19.9. The summed E-state index contributed by atoms with van der Waals surface area (Å²) in [7, 11) is 3.09. The number of hydrogen-bond donors (Lipinski definition) is 1. The van der Waals surface area contributed by atoms with Crippen molar-refractivity contribution < 1.29 is 14.6 Å². The molecule has 0 aromatic carbocycles. The molecule has 0 unspecified atom stereocenters. The maximum absolute atomic E-state index is 9.45. The van der Waals surface area contributed by atoms with Crippen LogP contribution in [0.25, 0.3) is 0 Å². The fourth-order valence-electron chi connectivity index (χ4n) is 1.67. The van der Waals surface area contributed by atoms with Crippen LogP contribution in [0, 0.1) is 0 Å². The third-order valence-electron chi connectivity index (χ3n) is 2.53. The van der Waals surface area contributed by atoms with Gasteiger partial charge in [-0.05, 0) is 6.42 Å². The number of aromatic nitrogens is 2. The summed E-state index contributed by atoms with van der Waals surface area (Å²) < 4.78 is 10.1. The molecule has 1 aliphatic heterocycles. The third-order valence-corrected chi connectivity index (χ3v) is 2.53. The second kappa shape index (κ2) is 4.52. The summed E-state index contributed by atoms with van der Waals surface area (Å²) in [6.07, 6.45) is 0.434. The Bertz CT molecular complexity index is 350. The van der Waals surface area contributed by atoms with E-state index in [0.717, 1.165) is 13.0 Å². The van der Waals surface area contributed by atoms with Crippen LogP contribution in [0.2, 0.25) is 0 Å². The van der Waals surface area contributed by atoms with E-state index in [2.05, 4.69) is 9.97 Å². The predicted octanol–water partition coefficient (Wildman–Crippen LogP) is 0.0648. The van der Waals surface area contributed by atoms with Gasteiger partial charge in [0, 0.05) is 13.1 Å². The number of anilines is 1. The first-order valence-electron chi connectivity index (χ1n) is 5.13. The van der Waals surface area contributed by atoms with Gasteiger partial charge in [0.15, 0.2) is 0 Å². The first-order chi connectivity index (χ1) is 7.72. The van der Waals surface area contributed by atoms with Gasteiger partial charge in [0.25, 0.3) is 0 Å². The maximum atomic E-state index is 9.45. The Hall–Kier alpha value is -1.56. The first-order valence-corrected chi connectivity index (χ1v) is 5.13. The van der Waals surface area contributed by atoms with Crippen LogP contribution in [-0.2, 0) is 0 Å². The lowest BCUT2D eigenvalue weighted by molar-refractivity contribution is 0.198. The highest BCUT2D eigenvalue weighted by Gasteiger charge is 2.23. The van der Waals surface area contributed by atoms with Crippen molar-refractivity contribution in [1.82, 2.24) is 9.97 Å². The van der Waals surface area contributed by atoms with E-state index in [1.807, 2.05) is 4.90 Å². The van der Waals surface area contributed by atoms with E-state index in [9.17, 15) is 5.11 Å². The van der Waals surface area contributed by atoms with E-state index >= 15 is 0 Å². The average molecular weight is 225 g/mol. The minimum Gasteiger partial charge on any atom is -0.481 e. The molecule has 1 aliphatic rings. The number of methoxy groups -OCH3 is 2. The number of nitrogens with zero attached hydrogens (tertiary/aromatic N) is 3. The van der Waals surface area contributed by atoms with Crippen LogP contribution in [-0.4, -0.2) is 48.5 Å². The van der Waals surface area contributed by atoms with E-state index in [1.54, 1.807) is 20.3 Å². The number of hydrogen-bond acceptors (Lipinski definition) is 6. The van der Waals surface area contributed by atoms with Gasteiger partial charge in [-0.15, -0.1) is 0 Å². The zero-order chi connectivity index (χ0) is 11.5. The van der Waals surface area contributed by atoms with Gasteiger partial charge in [-0.1, -0.05) is 0 Å². The lowest BCUT2D eigenvalue weighted by Gasteiger charge is -2.16. The molecule has 0 saturated carbocycles. The van der Waals surface area contributed by atoms with E-state index in [0.29, 0.717) is 24.3 Å². The van der Waals surface area contributed by atoms with Gasteiger partial charge in [-0.25, -0.2) is 0 Å². The molecular formula is C10H15N3O3. The summed E-state index contributed by atoms with van der Waals surface area (Å²) >= 11 is 0. The third kappa shape index (κ3) is 2.16. The summed E-state index contributed by atoms with van der Waals surface area (Å²) in [4.78, 5) is 10.3. The van der Waals surface area contributed by atoms with Gasteiger partial charge < -0.3 is 19.5 Å². The highest BCUT2D eigenvalue weighted by atomic mass is 16.5. The Morgan fingerprint density at radius 2 is 1.94 bits per heavy atom. The van der Waals surface area contributed by atoms with Crippen molar-refractivity contribution in [3.63, 3.8) is 0 Å². The highest BCUT2D eigenvalue weighted by molar-refractivity contribution is 5.37. The predicted molar refractivity (Wildman–Crippen MR) is 58.0 cm³/mol. The Morgan fingerprint density at radius 3 is 2.38 bits per heavy atom. The molecule has 88 valence electrons. The van der Waals surface area contributed by atoms with E-state index in [4.69, 9.17) is 9.47 Å². The number of ether oxygens (including phenoxy) is 2. The molecule has 0 bridgehead atoms. The Morgan fingerprint density at radius 1 is 1.31 bits per heavy atom. The van der Waals surface area contributed by atoms with Gasteiger partial charge in [-0.2, -0.15) is 9.97 Å². The minimum absolute atomic E-state index is 0.305. The van der Waals surface area contributed by atoms with E-state index < -0.39 is 0 Å². The molecule has 1 aromatic heterocycles. The van der Waals surface area contributed by atoms with Crippen molar-refractivity contribution in [2.75, 3.05) is 32.2 Å². The molecule has 1 aromatic rings. The van der Waals surface area contributed by atoms with Crippen molar-refractivity contribution in [2.45, 2.75) is 12.5 Å². The standard InChI is InChI=1S/C10H15N3O3/c1-15-8-5-9(16-2)12-10(11-8)13-4-3-7(14)6-13/h5,7,14H,3-4,6H2,1-2H3/t7-/m0/s1. The lowest BCUT2D eigenvalue weighted by atomic mass is 10.3. The molecule has 6 nitrogen and oxygen atoms in total. The fourth-order valence-corrected chi connectivity index (χ4v) is 1.67. The monoisotopic (exact) mass is 225 g/mol. The molecule has 0 spiro atoms.